The molecule has 2 rings (SSSR count). The SMILES string of the molecule is OCc1ccc(CCC2CCOCC2)cc1.[AlH3].[LiH]. The first-order chi connectivity index (χ1) is 7.88. The Morgan fingerprint density at radius 3 is 2.17 bits per heavy atom. The van der Waals surface area contributed by atoms with Gasteiger partial charge in [-0.15, -0.1) is 0 Å². The van der Waals surface area contributed by atoms with E-state index in [9.17, 15) is 0 Å². The summed E-state index contributed by atoms with van der Waals surface area (Å²) in [5.41, 5.74) is 2.37. The summed E-state index contributed by atoms with van der Waals surface area (Å²) in [6, 6.07) is 8.29. The zero-order valence-corrected chi connectivity index (χ0v) is 9.69. The summed E-state index contributed by atoms with van der Waals surface area (Å²) < 4.78 is 5.35. The van der Waals surface area contributed by atoms with E-state index in [4.69, 9.17) is 9.84 Å². The molecule has 0 saturated carbocycles. The number of benzene rings is 1. The monoisotopic (exact) mass is 258 g/mol. The van der Waals surface area contributed by atoms with Crippen LogP contribution in [-0.2, 0) is 17.8 Å². The first kappa shape index (κ1) is 18.3. The summed E-state index contributed by atoms with van der Waals surface area (Å²) >= 11 is 0. The van der Waals surface area contributed by atoms with Crippen molar-refractivity contribution in [2.75, 3.05) is 13.2 Å². The molecule has 1 N–H and O–H groups in total. The van der Waals surface area contributed by atoms with Gasteiger partial charge in [-0.05, 0) is 42.7 Å². The second kappa shape index (κ2) is 10.1. The Bertz CT molecular complexity index is 310. The fourth-order valence-electron chi connectivity index (χ4n) is 2.22. The van der Waals surface area contributed by atoms with Gasteiger partial charge in [-0.3, -0.25) is 0 Å². The maximum atomic E-state index is 8.95. The van der Waals surface area contributed by atoms with E-state index in [-0.39, 0.29) is 42.8 Å². The van der Waals surface area contributed by atoms with Crippen LogP contribution in [0.25, 0.3) is 0 Å². The van der Waals surface area contributed by atoms with Crippen LogP contribution >= 0.6 is 0 Å². The summed E-state index contributed by atoms with van der Waals surface area (Å²) in [6.45, 7) is 2.02. The van der Waals surface area contributed by atoms with Crippen LogP contribution in [0.3, 0.4) is 0 Å². The van der Waals surface area contributed by atoms with E-state index in [1.807, 2.05) is 12.1 Å². The van der Waals surface area contributed by atoms with Gasteiger partial charge in [-0.25, -0.2) is 0 Å². The molecule has 1 fully saturated rings. The van der Waals surface area contributed by atoms with E-state index in [0.717, 1.165) is 31.1 Å². The summed E-state index contributed by atoms with van der Waals surface area (Å²) in [7, 11) is 0. The van der Waals surface area contributed by atoms with Gasteiger partial charge in [0.2, 0.25) is 0 Å². The van der Waals surface area contributed by atoms with Crippen LogP contribution in [0.1, 0.15) is 30.4 Å². The van der Waals surface area contributed by atoms with Crippen molar-refractivity contribution in [1.29, 1.82) is 0 Å². The third kappa shape index (κ3) is 5.94. The molecule has 1 aromatic carbocycles. The minimum atomic E-state index is 0. The molecular weight excluding hydrogens is 234 g/mol. The molecule has 96 valence electrons. The van der Waals surface area contributed by atoms with E-state index in [2.05, 4.69) is 12.1 Å². The van der Waals surface area contributed by atoms with Crippen molar-refractivity contribution >= 4 is 36.2 Å². The van der Waals surface area contributed by atoms with Crippen LogP contribution in [0.5, 0.6) is 0 Å². The summed E-state index contributed by atoms with van der Waals surface area (Å²) in [4.78, 5) is 0. The molecular formula is C14H24AlLiO2. The van der Waals surface area contributed by atoms with Crippen LogP contribution in [-0.4, -0.2) is 54.5 Å². The third-order valence-electron chi connectivity index (χ3n) is 3.39. The molecule has 1 heterocycles. The average molecular weight is 258 g/mol. The molecule has 1 aliphatic rings. The van der Waals surface area contributed by atoms with Crippen molar-refractivity contribution in [2.45, 2.75) is 32.3 Å². The van der Waals surface area contributed by atoms with Crippen molar-refractivity contribution < 1.29 is 9.84 Å². The van der Waals surface area contributed by atoms with Gasteiger partial charge < -0.3 is 9.84 Å². The van der Waals surface area contributed by atoms with E-state index in [1.54, 1.807) is 0 Å². The number of aliphatic hydroxyl groups is 1. The van der Waals surface area contributed by atoms with Crippen LogP contribution in [0.2, 0.25) is 0 Å². The first-order valence-corrected chi connectivity index (χ1v) is 6.15. The van der Waals surface area contributed by atoms with Crippen LogP contribution < -0.4 is 0 Å². The van der Waals surface area contributed by atoms with E-state index in [0.29, 0.717) is 0 Å². The Morgan fingerprint density at radius 1 is 1.06 bits per heavy atom. The van der Waals surface area contributed by atoms with Crippen molar-refractivity contribution in [3.8, 4) is 0 Å². The van der Waals surface area contributed by atoms with Crippen molar-refractivity contribution in [1.82, 2.24) is 0 Å². The standard InChI is InChI=1S/C14H20O2.Al.Li.4H/c15-11-14-5-3-12(4-6-14)1-2-13-7-9-16-10-8-13;;;;;;/h3-6,13,15H,1-2,7-11H2;;;;;;. The van der Waals surface area contributed by atoms with E-state index < -0.39 is 0 Å². The molecule has 2 nitrogen and oxygen atoms in total. The minimum absolute atomic E-state index is 0. The van der Waals surface area contributed by atoms with E-state index in [1.165, 1.54) is 24.8 Å². The van der Waals surface area contributed by atoms with Crippen LogP contribution in [0.4, 0.5) is 0 Å². The Kier molecular flexibility index (Phi) is 10.3. The fraction of sp³-hybridized carbons (Fsp3) is 0.571. The van der Waals surface area contributed by atoms with Crippen molar-refractivity contribution in [2.24, 2.45) is 5.92 Å². The number of hydrogen-bond acceptors (Lipinski definition) is 2. The van der Waals surface area contributed by atoms with Gasteiger partial charge >= 0.3 is 18.9 Å². The summed E-state index contributed by atoms with van der Waals surface area (Å²) in [5, 5.41) is 8.95. The molecule has 18 heavy (non-hydrogen) atoms. The van der Waals surface area contributed by atoms with Crippen molar-refractivity contribution in [3.63, 3.8) is 0 Å². The van der Waals surface area contributed by atoms with E-state index >= 15 is 0 Å². The molecule has 4 heteroatoms. The molecule has 0 radical (unpaired) electrons. The quantitative estimate of drug-likeness (QED) is 0.806. The van der Waals surface area contributed by atoms with Gasteiger partial charge in [-0.1, -0.05) is 24.3 Å². The number of aryl methyl sites for hydroxylation is 1. The molecule has 1 aliphatic heterocycles. The van der Waals surface area contributed by atoms with Crippen LogP contribution in [0, 0.1) is 5.92 Å². The summed E-state index contributed by atoms with van der Waals surface area (Å²) in [5.74, 6) is 0.839. The van der Waals surface area contributed by atoms with Gasteiger partial charge in [0, 0.05) is 13.2 Å². The zero-order valence-electron chi connectivity index (χ0n) is 9.69. The third-order valence-corrected chi connectivity index (χ3v) is 3.39. The normalized spacial score (nSPS) is 15.6. The molecule has 0 aliphatic carbocycles. The van der Waals surface area contributed by atoms with Crippen LogP contribution in [0.15, 0.2) is 24.3 Å². The molecule has 0 aromatic heterocycles. The number of aliphatic hydroxyl groups excluding tert-OH is 1. The van der Waals surface area contributed by atoms with Gasteiger partial charge in [0.1, 0.15) is 0 Å². The fourth-order valence-corrected chi connectivity index (χ4v) is 2.22. The van der Waals surface area contributed by atoms with Gasteiger partial charge in [0.15, 0.2) is 17.4 Å². The van der Waals surface area contributed by atoms with Gasteiger partial charge in [0.05, 0.1) is 6.61 Å². The average Bonchev–Trinajstić information content (AvgIpc) is 2.38. The van der Waals surface area contributed by atoms with Gasteiger partial charge in [-0.2, -0.15) is 0 Å². The molecule has 1 aromatic rings. The number of rotatable bonds is 4. The second-order valence-electron chi connectivity index (χ2n) is 4.57. The molecule has 0 spiro atoms. The topological polar surface area (TPSA) is 29.5 Å². The molecule has 1 saturated heterocycles. The second-order valence-corrected chi connectivity index (χ2v) is 4.57. The molecule has 0 atom stereocenters. The predicted octanol–water partition coefficient (Wildman–Crippen LogP) is 0.706. The molecule has 0 amide bonds. The maximum absolute atomic E-state index is 8.95. The zero-order chi connectivity index (χ0) is 11.2. The van der Waals surface area contributed by atoms with Gasteiger partial charge in [0.25, 0.3) is 0 Å². The predicted molar refractivity (Wildman–Crippen MR) is 81.3 cm³/mol. The Morgan fingerprint density at radius 2 is 1.61 bits per heavy atom. The van der Waals surface area contributed by atoms with Crippen molar-refractivity contribution in [3.05, 3.63) is 35.4 Å². The first-order valence-electron chi connectivity index (χ1n) is 6.15. The Labute approximate surface area is 132 Å². The number of hydrogen-bond donors (Lipinski definition) is 1. The number of ether oxygens (including phenoxy) is 1. The molecule has 0 unspecified atom stereocenters. The Balaban J connectivity index is 0.00000144. The molecule has 0 bridgehead atoms. The summed E-state index contributed by atoms with van der Waals surface area (Å²) in [6.07, 6.45) is 4.85. The Hall–Kier alpha value is 0.270.